The lowest BCUT2D eigenvalue weighted by atomic mass is 10.2. The van der Waals surface area contributed by atoms with Gasteiger partial charge in [-0.3, -0.25) is 0 Å². The molecule has 9 heteroatoms. The molecule has 102 valence electrons. The van der Waals surface area contributed by atoms with Crippen molar-refractivity contribution in [3.05, 3.63) is 0 Å². The minimum absolute atomic E-state index is 0.0278. The Balaban J connectivity index is 4.08. The van der Waals surface area contributed by atoms with Gasteiger partial charge in [-0.2, -0.15) is 26.3 Å². The van der Waals surface area contributed by atoms with Gasteiger partial charge in [0.05, 0.1) is 4.99 Å². The summed E-state index contributed by atoms with van der Waals surface area (Å²) in [5.74, 6) is 0. The number of rotatable bonds is 6. The van der Waals surface area contributed by atoms with Crippen molar-refractivity contribution in [1.82, 2.24) is 0 Å². The summed E-state index contributed by atoms with van der Waals surface area (Å²) in [5, 5.41) is 0. The minimum Gasteiger partial charge on any atom is -0.393 e. The van der Waals surface area contributed by atoms with Gasteiger partial charge in [0.1, 0.15) is 0 Å². The fourth-order valence-electron chi connectivity index (χ4n) is 0.977. The van der Waals surface area contributed by atoms with Crippen molar-refractivity contribution in [2.24, 2.45) is 5.73 Å². The molecular formula is C8H11F6NOS. The first-order valence-electron chi connectivity index (χ1n) is 4.58. The van der Waals surface area contributed by atoms with E-state index in [-0.39, 0.29) is 24.3 Å². The molecule has 0 rings (SSSR count). The van der Waals surface area contributed by atoms with Crippen molar-refractivity contribution in [1.29, 1.82) is 0 Å². The van der Waals surface area contributed by atoms with Crippen molar-refractivity contribution in [2.45, 2.75) is 37.7 Å². The molecule has 0 heterocycles. The molecule has 0 fully saturated rings. The monoisotopic (exact) mass is 283 g/mol. The summed E-state index contributed by atoms with van der Waals surface area (Å²) in [5.41, 5.74) is 5.10. The van der Waals surface area contributed by atoms with Crippen molar-refractivity contribution in [3.63, 3.8) is 0 Å². The summed E-state index contributed by atoms with van der Waals surface area (Å²) in [6.07, 6.45) is -14.1. The molecule has 0 atom stereocenters. The van der Waals surface area contributed by atoms with Crippen LogP contribution < -0.4 is 5.73 Å². The van der Waals surface area contributed by atoms with E-state index in [2.05, 4.69) is 17.0 Å². The van der Waals surface area contributed by atoms with Crippen LogP contribution in [-0.2, 0) is 4.74 Å². The Morgan fingerprint density at radius 1 is 1.06 bits per heavy atom. The molecule has 0 saturated heterocycles. The molecular weight excluding hydrogens is 272 g/mol. The number of halogens is 6. The first-order chi connectivity index (χ1) is 7.55. The van der Waals surface area contributed by atoms with Crippen LogP contribution in [0.25, 0.3) is 0 Å². The molecule has 0 aliphatic heterocycles. The average molecular weight is 283 g/mol. The molecule has 0 aliphatic rings. The van der Waals surface area contributed by atoms with Crippen LogP contribution in [0.3, 0.4) is 0 Å². The number of unbranched alkanes of at least 4 members (excludes halogenated alkanes) is 1. The molecule has 2 N–H and O–H groups in total. The van der Waals surface area contributed by atoms with Gasteiger partial charge in [-0.25, -0.2) is 0 Å². The first kappa shape index (κ1) is 16.4. The van der Waals surface area contributed by atoms with Crippen molar-refractivity contribution in [2.75, 3.05) is 6.61 Å². The van der Waals surface area contributed by atoms with Gasteiger partial charge in [0.2, 0.25) is 6.10 Å². The van der Waals surface area contributed by atoms with Crippen LogP contribution in [0.5, 0.6) is 0 Å². The van der Waals surface area contributed by atoms with Crippen LogP contribution in [0, 0.1) is 0 Å². The van der Waals surface area contributed by atoms with Gasteiger partial charge in [-0.1, -0.05) is 12.2 Å². The van der Waals surface area contributed by atoms with Crippen LogP contribution in [0.4, 0.5) is 26.3 Å². The van der Waals surface area contributed by atoms with Crippen molar-refractivity contribution < 1.29 is 31.1 Å². The van der Waals surface area contributed by atoms with Gasteiger partial charge < -0.3 is 10.5 Å². The van der Waals surface area contributed by atoms with Gasteiger partial charge in [-0.05, 0) is 19.3 Å². The second kappa shape index (κ2) is 6.39. The van der Waals surface area contributed by atoms with Gasteiger partial charge in [0.15, 0.2) is 0 Å². The highest BCUT2D eigenvalue weighted by atomic mass is 32.1. The number of ether oxygens (including phenoxy) is 1. The number of nitrogens with two attached hydrogens (primary N) is 1. The van der Waals surface area contributed by atoms with E-state index in [0.717, 1.165) is 0 Å². The second-order valence-corrected chi connectivity index (χ2v) is 3.78. The number of hydrogen-bond donors (Lipinski definition) is 1. The molecule has 2 nitrogen and oxygen atoms in total. The van der Waals surface area contributed by atoms with E-state index in [1.165, 1.54) is 0 Å². The third kappa shape index (κ3) is 7.37. The largest absolute Gasteiger partial charge is 0.423 e. The fourth-order valence-corrected chi connectivity index (χ4v) is 1.12. The minimum atomic E-state index is -5.46. The Bertz CT molecular complexity index is 237. The topological polar surface area (TPSA) is 35.2 Å². The lowest BCUT2D eigenvalue weighted by Gasteiger charge is -2.22. The van der Waals surface area contributed by atoms with E-state index >= 15 is 0 Å². The first-order valence-corrected chi connectivity index (χ1v) is 4.99. The Morgan fingerprint density at radius 2 is 1.53 bits per heavy atom. The van der Waals surface area contributed by atoms with Crippen LogP contribution in [0.15, 0.2) is 0 Å². The van der Waals surface area contributed by atoms with Crippen LogP contribution in [-0.4, -0.2) is 30.1 Å². The summed E-state index contributed by atoms with van der Waals surface area (Å²) >= 11 is 4.49. The fraction of sp³-hybridized carbons (Fsp3) is 0.875. The molecule has 0 radical (unpaired) electrons. The molecule has 0 aromatic rings. The lowest BCUT2D eigenvalue weighted by Crippen LogP contribution is -2.44. The summed E-state index contributed by atoms with van der Waals surface area (Å²) in [6, 6.07) is 0. The van der Waals surface area contributed by atoms with E-state index in [4.69, 9.17) is 5.73 Å². The summed E-state index contributed by atoms with van der Waals surface area (Å²) in [4.78, 5) is 0.160. The lowest BCUT2D eigenvalue weighted by molar-refractivity contribution is -0.321. The van der Waals surface area contributed by atoms with Gasteiger partial charge in [0.25, 0.3) is 0 Å². The summed E-state index contributed by atoms with van der Waals surface area (Å²) in [6.45, 7) is -0.647. The number of alkyl halides is 6. The molecule has 0 unspecified atom stereocenters. The maximum Gasteiger partial charge on any atom is 0.423 e. The molecule has 0 aliphatic carbocycles. The Labute approximate surface area is 99.1 Å². The third-order valence-corrected chi connectivity index (χ3v) is 1.90. The average Bonchev–Trinajstić information content (AvgIpc) is 2.05. The van der Waals surface area contributed by atoms with E-state index < -0.39 is 25.1 Å². The maximum absolute atomic E-state index is 12.0. The van der Waals surface area contributed by atoms with Crippen LogP contribution in [0.1, 0.15) is 19.3 Å². The molecule has 0 aromatic carbocycles. The molecule has 0 aromatic heterocycles. The third-order valence-electron chi connectivity index (χ3n) is 1.70. The van der Waals surface area contributed by atoms with E-state index in [1.807, 2.05) is 0 Å². The van der Waals surface area contributed by atoms with E-state index in [1.54, 1.807) is 0 Å². The standard InChI is InChI=1S/C8H11F6NOS/c9-7(10,11)6(8(12,13)14)16-4-2-1-3-5(15)17/h6H,1-4H2,(H2,15,17). The zero-order chi connectivity index (χ0) is 13.7. The zero-order valence-corrected chi connectivity index (χ0v) is 9.38. The van der Waals surface area contributed by atoms with Crippen LogP contribution in [0.2, 0.25) is 0 Å². The van der Waals surface area contributed by atoms with Crippen molar-refractivity contribution in [3.8, 4) is 0 Å². The van der Waals surface area contributed by atoms with Gasteiger partial charge in [0, 0.05) is 6.61 Å². The molecule has 0 bridgehead atoms. The smallest absolute Gasteiger partial charge is 0.393 e. The molecule has 0 spiro atoms. The zero-order valence-electron chi connectivity index (χ0n) is 8.57. The normalized spacial score (nSPS) is 13.1. The van der Waals surface area contributed by atoms with E-state index in [0.29, 0.717) is 0 Å². The summed E-state index contributed by atoms with van der Waals surface area (Å²) in [7, 11) is 0. The highest BCUT2D eigenvalue weighted by molar-refractivity contribution is 7.80. The maximum atomic E-state index is 12.0. The number of thiocarbonyl (C=S) groups is 1. The molecule has 0 amide bonds. The predicted molar refractivity (Wildman–Crippen MR) is 52.5 cm³/mol. The van der Waals surface area contributed by atoms with Gasteiger partial charge >= 0.3 is 12.4 Å². The number of hydrogen-bond acceptors (Lipinski definition) is 2. The SMILES string of the molecule is NC(=S)CCCCOC(C(F)(F)F)C(F)(F)F. The predicted octanol–water partition coefficient (Wildman–Crippen LogP) is 2.95. The van der Waals surface area contributed by atoms with Gasteiger partial charge in [-0.15, -0.1) is 0 Å². The highest BCUT2D eigenvalue weighted by Gasteiger charge is 2.57. The Hall–Kier alpha value is -0.570. The Morgan fingerprint density at radius 3 is 1.88 bits per heavy atom. The van der Waals surface area contributed by atoms with Crippen LogP contribution >= 0.6 is 12.2 Å². The second-order valence-electron chi connectivity index (χ2n) is 3.26. The Kier molecular flexibility index (Phi) is 6.17. The highest BCUT2D eigenvalue weighted by Crippen LogP contribution is 2.35. The quantitative estimate of drug-likeness (QED) is 0.462. The van der Waals surface area contributed by atoms with E-state index in [9.17, 15) is 26.3 Å². The molecule has 17 heavy (non-hydrogen) atoms. The molecule has 0 saturated carbocycles. The summed E-state index contributed by atoms with van der Waals surface area (Å²) < 4.78 is 75.6. The van der Waals surface area contributed by atoms with Crippen molar-refractivity contribution >= 4 is 17.2 Å².